The lowest BCUT2D eigenvalue weighted by Gasteiger charge is -2.11. The highest BCUT2D eigenvalue weighted by atomic mass is 16.4. The summed E-state index contributed by atoms with van der Waals surface area (Å²) in [5.74, 6) is -1.78. The molecule has 8 nitrogen and oxygen atoms in total. The average molecular weight is 247 g/mol. The Labute approximate surface area is 98.4 Å². The molecular weight excluding hydrogens is 230 g/mol. The molecule has 0 aromatic rings. The number of aliphatic carboxylic acids is 1. The van der Waals surface area contributed by atoms with Crippen LogP contribution in [0, 0.1) is 0 Å². The van der Waals surface area contributed by atoms with Crippen LogP contribution in [0.2, 0.25) is 0 Å². The molecule has 0 rings (SSSR count). The third-order valence-electron chi connectivity index (χ3n) is 1.60. The van der Waals surface area contributed by atoms with Gasteiger partial charge in [0.2, 0.25) is 5.91 Å². The van der Waals surface area contributed by atoms with E-state index in [1.54, 1.807) is 13.8 Å². The molecule has 0 radical (unpaired) electrons. The number of carbonyl (C=O) groups is 3. The first-order valence-electron chi connectivity index (χ1n) is 5.05. The number of carbonyl (C=O) groups excluding carboxylic acids is 2. The lowest BCUT2D eigenvalue weighted by Crippen LogP contribution is -2.46. The maximum Gasteiger partial charge on any atom is 0.334 e. The van der Waals surface area contributed by atoms with Crippen molar-refractivity contribution in [3.05, 3.63) is 0 Å². The fraction of sp³-hybridized carbons (Fsp3) is 0.667. The smallest absolute Gasteiger partial charge is 0.334 e. The zero-order chi connectivity index (χ0) is 13.4. The van der Waals surface area contributed by atoms with Crippen molar-refractivity contribution in [1.29, 1.82) is 0 Å². The molecular formula is C9H17N3O5. The van der Waals surface area contributed by atoms with Crippen molar-refractivity contribution in [3.63, 3.8) is 0 Å². The Morgan fingerprint density at radius 3 is 2.24 bits per heavy atom. The highest BCUT2D eigenvalue weighted by Crippen LogP contribution is 1.80. The highest BCUT2D eigenvalue weighted by Gasteiger charge is 2.14. The van der Waals surface area contributed by atoms with Crippen LogP contribution in [0.25, 0.3) is 0 Å². The van der Waals surface area contributed by atoms with Crippen LogP contribution >= 0.6 is 0 Å². The first-order valence-corrected chi connectivity index (χ1v) is 5.05. The summed E-state index contributed by atoms with van der Waals surface area (Å²) in [6.07, 6.45) is -1.66. The van der Waals surface area contributed by atoms with E-state index in [1.165, 1.54) is 0 Å². The molecule has 0 saturated carbocycles. The average Bonchev–Trinajstić information content (AvgIpc) is 2.21. The number of hydrogen-bond donors (Lipinski definition) is 5. The summed E-state index contributed by atoms with van der Waals surface area (Å²) in [4.78, 5) is 32.4. The van der Waals surface area contributed by atoms with Crippen LogP contribution in [0.3, 0.4) is 0 Å². The van der Waals surface area contributed by atoms with Gasteiger partial charge in [-0.3, -0.25) is 4.79 Å². The van der Waals surface area contributed by atoms with Gasteiger partial charge in [0.25, 0.3) is 0 Å². The molecule has 0 bridgehead atoms. The van der Waals surface area contributed by atoms with E-state index in [0.717, 1.165) is 0 Å². The molecule has 1 atom stereocenters. The number of aliphatic hydroxyl groups is 1. The molecule has 0 heterocycles. The summed E-state index contributed by atoms with van der Waals surface area (Å²) >= 11 is 0. The number of amides is 3. The Bertz CT molecular complexity index is 292. The fourth-order valence-electron chi connectivity index (χ4n) is 0.873. The zero-order valence-corrected chi connectivity index (χ0v) is 9.69. The normalized spacial score (nSPS) is 11.8. The van der Waals surface area contributed by atoms with Crippen LogP contribution < -0.4 is 16.0 Å². The third kappa shape index (κ3) is 8.03. The van der Waals surface area contributed by atoms with E-state index in [0.29, 0.717) is 0 Å². The molecule has 0 fully saturated rings. The number of carboxylic acid groups (broad SMARTS) is 1. The van der Waals surface area contributed by atoms with Gasteiger partial charge in [-0.1, -0.05) is 0 Å². The van der Waals surface area contributed by atoms with Gasteiger partial charge in [-0.2, -0.15) is 0 Å². The highest BCUT2D eigenvalue weighted by molar-refractivity contribution is 5.84. The summed E-state index contributed by atoms with van der Waals surface area (Å²) in [6.45, 7) is 2.92. The van der Waals surface area contributed by atoms with E-state index in [2.05, 4.69) is 16.0 Å². The van der Waals surface area contributed by atoms with Gasteiger partial charge in [0.1, 0.15) is 0 Å². The van der Waals surface area contributed by atoms with Gasteiger partial charge in [0, 0.05) is 6.04 Å². The number of rotatable bonds is 6. The van der Waals surface area contributed by atoms with Gasteiger partial charge >= 0.3 is 12.0 Å². The number of hydrogen-bond acceptors (Lipinski definition) is 4. The molecule has 0 aliphatic rings. The fourth-order valence-corrected chi connectivity index (χ4v) is 0.873. The summed E-state index contributed by atoms with van der Waals surface area (Å²) in [6, 6.07) is -0.745. The number of urea groups is 1. The topological polar surface area (TPSA) is 128 Å². The monoisotopic (exact) mass is 247 g/mol. The van der Waals surface area contributed by atoms with Crippen LogP contribution in [-0.2, 0) is 9.59 Å². The number of aliphatic hydroxyl groups excluding tert-OH is 1. The second-order valence-corrected chi connectivity index (χ2v) is 3.64. The molecule has 0 aliphatic carbocycles. The molecule has 8 heteroatoms. The van der Waals surface area contributed by atoms with Gasteiger partial charge in [0.15, 0.2) is 6.10 Å². The summed E-state index contributed by atoms with van der Waals surface area (Å²) in [7, 11) is 0. The van der Waals surface area contributed by atoms with E-state index < -0.39 is 24.6 Å². The van der Waals surface area contributed by atoms with Crippen LogP contribution in [0.4, 0.5) is 4.79 Å². The van der Waals surface area contributed by atoms with E-state index in [4.69, 9.17) is 10.2 Å². The molecule has 17 heavy (non-hydrogen) atoms. The van der Waals surface area contributed by atoms with Crippen molar-refractivity contribution in [2.45, 2.75) is 26.0 Å². The molecule has 3 amide bonds. The van der Waals surface area contributed by atoms with Crippen LogP contribution in [-0.4, -0.2) is 53.4 Å². The van der Waals surface area contributed by atoms with Crippen molar-refractivity contribution in [2.24, 2.45) is 0 Å². The third-order valence-corrected chi connectivity index (χ3v) is 1.60. The van der Waals surface area contributed by atoms with Crippen molar-refractivity contribution in [2.75, 3.05) is 13.1 Å². The van der Waals surface area contributed by atoms with E-state index >= 15 is 0 Å². The minimum atomic E-state index is -1.66. The second kappa shape index (κ2) is 7.44. The largest absolute Gasteiger partial charge is 0.479 e. The SMILES string of the molecule is CC(C)NC(=O)CNC(=O)NC[C@H](O)C(=O)O. The quantitative estimate of drug-likeness (QED) is 0.380. The standard InChI is InChI=1S/C9H17N3O5/c1-5(2)12-7(14)4-11-9(17)10-3-6(13)8(15)16/h5-6,13H,3-4H2,1-2H3,(H,12,14)(H,15,16)(H2,10,11,17)/t6-/m0/s1. The molecule has 98 valence electrons. The molecule has 0 unspecified atom stereocenters. The van der Waals surface area contributed by atoms with E-state index in [9.17, 15) is 14.4 Å². The van der Waals surface area contributed by atoms with Crippen molar-refractivity contribution < 1.29 is 24.6 Å². The Kier molecular flexibility index (Phi) is 6.64. The minimum Gasteiger partial charge on any atom is -0.479 e. The number of nitrogens with one attached hydrogen (secondary N) is 3. The van der Waals surface area contributed by atoms with Gasteiger partial charge in [-0.05, 0) is 13.8 Å². The zero-order valence-electron chi connectivity index (χ0n) is 9.69. The van der Waals surface area contributed by atoms with Crippen molar-refractivity contribution in [3.8, 4) is 0 Å². The van der Waals surface area contributed by atoms with Gasteiger partial charge in [0.05, 0.1) is 13.1 Å². The minimum absolute atomic E-state index is 0.0267. The summed E-state index contributed by atoms with van der Waals surface area (Å²) in [5, 5.41) is 24.1. The molecule has 0 aromatic heterocycles. The lowest BCUT2D eigenvalue weighted by molar-refractivity contribution is -0.146. The van der Waals surface area contributed by atoms with Crippen LogP contribution in [0.15, 0.2) is 0 Å². The Balaban J connectivity index is 3.73. The molecule has 0 aromatic carbocycles. The molecule has 0 saturated heterocycles. The predicted octanol–water partition coefficient (Wildman–Crippen LogP) is -1.74. The summed E-state index contributed by atoms with van der Waals surface area (Å²) in [5.41, 5.74) is 0. The first kappa shape index (κ1) is 15.2. The van der Waals surface area contributed by atoms with Crippen LogP contribution in [0.5, 0.6) is 0 Å². The Hall–Kier alpha value is -1.83. The predicted molar refractivity (Wildman–Crippen MR) is 58.3 cm³/mol. The van der Waals surface area contributed by atoms with Gasteiger partial charge in [-0.25, -0.2) is 9.59 Å². The molecule has 5 N–H and O–H groups in total. The second-order valence-electron chi connectivity index (χ2n) is 3.64. The molecule has 0 aliphatic heterocycles. The first-order chi connectivity index (χ1) is 7.82. The summed E-state index contributed by atoms with van der Waals surface area (Å²) < 4.78 is 0. The van der Waals surface area contributed by atoms with Gasteiger partial charge < -0.3 is 26.2 Å². The maximum absolute atomic E-state index is 11.1. The van der Waals surface area contributed by atoms with E-state index in [1.807, 2.05) is 0 Å². The Morgan fingerprint density at radius 2 is 1.76 bits per heavy atom. The van der Waals surface area contributed by atoms with E-state index in [-0.39, 0.29) is 18.5 Å². The van der Waals surface area contributed by atoms with Crippen LogP contribution in [0.1, 0.15) is 13.8 Å². The maximum atomic E-state index is 11.1. The van der Waals surface area contributed by atoms with Crippen molar-refractivity contribution in [1.82, 2.24) is 16.0 Å². The lowest BCUT2D eigenvalue weighted by atomic mass is 10.3. The van der Waals surface area contributed by atoms with Crippen molar-refractivity contribution >= 4 is 17.9 Å². The number of carboxylic acids is 1. The molecule has 0 spiro atoms. The van der Waals surface area contributed by atoms with Gasteiger partial charge in [-0.15, -0.1) is 0 Å². The Morgan fingerprint density at radius 1 is 1.18 bits per heavy atom.